The lowest BCUT2D eigenvalue weighted by molar-refractivity contribution is 0.627. The minimum absolute atomic E-state index is 0.154. The molecule has 0 aromatic rings. The van der Waals surface area contributed by atoms with E-state index in [-0.39, 0.29) is 5.41 Å². The van der Waals surface area contributed by atoms with Crippen LogP contribution in [0.25, 0.3) is 0 Å². The molecule has 1 aliphatic heterocycles. The molecule has 19 heavy (non-hydrogen) atoms. The van der Waals surface area contributed by atoms with Crippen molar-refractivity contribution in [3.63, 3.8) is 0 Å². The summed E-state index contributed by atoms with van der Waals surface area (Å²) in [4.78, 5) is 2.78. The Labute approximate surface area is 121 Å². The molecule has 0 bridgehead atoms. The molecule has 1 aliphatic carbocycles. The van der Waals surface area contributed by atoms with E-state index in [1.165, 1.54) is 21.0 Å². The van der Waals surface area contributed by atoms with Crippen LogP contribution in [0, 0.1) is 5.41 Å². The SMILES string of the molecule is C/C=C/C=C1/CC2=C(C=CC(C)(C)C=C2)S/C1=C/C. The Kier molecular flexibility index (Phi) is 4.36. The molecular formula is C18H22S. The van der Waals surface area contributed by atoms with Crippen LogP contribution in [0.3, 0.4) is 0 Å². The largest absolute Gasteiger partial charge is 0.0899 e. The van der Waals surface area contributed by atoms with Crippen molar-refractivity contribution in [2.45, 2.75) is 34.1 Å². The fourth-order valence-corrected chi connectivity index (χ4v) is 3.20. The van der Waals surface area contributed by atoms with E-state index in [1.807, 2.05) is 11.8 Å². The van der Waals surface area contributed by atoms with E-state index in [0.29, 0.717) is 0 Å². The second-order valence-corrected chi connectivity index (χ2v) is 6.61. The van der Waals surface area contributed by atoms with Crippen LogP contribution in [0.2, 0.25) is 0 Å². The van der Waals surface area contributed by atoms with Gasteiger partial charge in [-0.3, -0.25) is 0 Å². The summed E-state index contributed by atoms with van der Waals surface area (Å²) in [7, 11) is 0. The monoisotopic (exact) mass is 270 g/mol. The minimum atomic E-state index is 0.154. The lowest BCUT2D eigenvalue weighted by Gasteiger charge is -2.20. The Hall–Kier alpha value is -1.21. The Bertz CT molecular complexity index is 534. The number of thioether (sulfide) groups is 1. The third kappa shape index (κ3) is 3.42. The van der Waals surface area contributed by atoms with Gasteiger partial charge in [-0.2, -0.15) is 0 Å². The van der Waals surface area contributed by atoms with Crippen molar-refractivity contribution in [3.8, 4) is 0 Å². The molecule has 0 radical (unpaired) electrons. The summed E-state index contributed by atoms with van der Waals surface area (Å²) in [6.07, 6.45) is 18.9. The first-order valence-electron chi connectivity index (χ1n) is 6.84. The van der Waals surface area contributed by atoms with Crippen molar-refractivity contribution in [2.75, 3.05) is 0 Å². The molecule has 0 fully saturated rings. The van der Waals surface area contributed by atoms with Crippen molar-refractivity contribution >= 4 is 11.8 Å². The van der Waals surface area contributed by atoms with Crippen LogP contribution in [0.5, 0.6) is 0 Å². The van der Waals surface area contributed by atoms with Gasteiger partial charge >= 0.3 is 0 Å². The van der Waals surface area contributed by atoms with Crippen LogP contribution in [0.4, 0.5) is 0 Å². The molecule has 0 saturated carbocycles. The van der Waals surface area contributed by atoms with Crippen molar-refractivity contribution < 1.29 is 0 Å². The van der Waals surface area contributed by atoms with E-state index >= 15 is 0 Å². The summed E-state index contributed by atoms with van der Waals surface area (Å²) >= 11 is 1.89. The third-order valence-electron chi connectivity index (χ3n) is 3.36. The Morgan fingerprint density at radius 1 is 1.16 bits per heavy atom. The Balaban J connectivity index is 2.38. The smallest absolute Gasteiger partial charge is 0.0154 e. The van der Waals surface area contributed by atoms with Gasteiger partial charge in [0.1, 0.15) is 0 Å². The molecule has 0 nitrogen and oxygen atoms in total. The van der Waals surface area contributed by atoms with Gasteiger partial charge in [-0.1, -0.05) is 74.2 Å². The number of rotatable bonds is 1. The van der Waals surface area contributed by atoms with E-state index < -0.39 is 0 Å². The predicted octanol–water partition coefficient (Wildman–Crippen LogP) is 5.94. The van der Waals surface area contributed by atoms with Gasteiger partial charge in [-0.15, -0.1) is 0 Å². The Morgan fingerprint density at radius 3 is 2.58 bits per heavy atom. The van der Waals surface area contributed by atoms with Gasteiger partial charge < -0.3 is 0 Å². The van der Waals surface area contributed by atoms with E-state index in [1.54, 1.807) is 0 Å². The second-order valence-electron chi connectivity index (χ2n) is 5.53. The highest BCUT2D eigenvalue weighted by atomic mass is 32.2. The fourth-order valence-electron chi connectivity index (χ4n) is 2.17. The molecule has 0 unspecified atom stereocenters. The molecule has 0 saturated heterocycles. The van der Waals surface area contributed by atoms with Gasteiger partial charge in [0, 0.05) is 15.2 Å². The molecule has 0 atom stereocenters. The molecular weight excluding hydrogens is 248 g/mol. The first-order chi connectivity index (χ1) is 9.05. The van der Waals surface area contributed by atoms with Crippen LogP contribution >= 0.6 is 11.8 Å². The highest BCUT2D eigenvalue weighted by Gasteiger charge is 2.21. The standard InChI is InChI=1S/C18H22S/c1-5-7-8-14-13-15-9-11-18(3,4)12-10-17(15)19-16(14)6-2/h5-12H,13H2,1-4H3/b7-5+,14-8-,16-6+. The summed E-state index contributed by atoms with van der Waals surface area (Å²) in [5.74, 6) is 0. The Morgan fingerprint density at radius 2 is 1.89 bits per heavy atom. The average molecular weight is 270 g/mol. The summed E-state index contributed by atoms with van der Waals surface area (Å²) in [5, 5.41) is 0. The van der Waals surface area contributed by atoms with E-state index in [0.717, 1.165) is 6.42 Å². The summed E-state index contributed by atoms with van der Waals surface area (Å²) in [6.45, 7) is 8.67. The highest BCUT2D eigenvalue weighted by molar-refractivity contribution is 8.07. The van der Waals surface area contributed by atoms with Gasteiger partial charge in [0.2, 0.25) is 0 Å². The molecule has 1 heteroatoms. The lowest BCUT2D eigenvalue weighted by atomic mass is 9.93. The molecule has 100 valence electrons. The average Bonchev–Trinajstić information content (AvgIpc) is 2.54. The maximum Gasteiger partial charge on any atom is 0.0154 e. The lowest BCUT2D eigenvalue weighted by Crippen LogP contribution is -2.00. The van der Waals surface area contributed by atoms with E-state index in [4.69, 9.17) is 0 Å². The molecule has 0 spiro atoms. The van der Waals surface area contributed by atoms with E-state index in [9.17, 15) is 0 Å². The summed E-state index contributed by atoms with van der Waals surface area (Å²) < 4.78 is 0. The first-order valence-corrected chi connectivity index (χ1v) is 7.65. The summed E-state index contributed by atoms with van der Waals surface area (Å²) in [5.41, 5.74) is 3.01. The van der Waals surface area contributed by atoms with Crippen molar-refractivity contribution in [1.29, 1.82) is 0 Å². The number of hydrogen-bond donors (Lipinski definition) is 0. The first kappa shape index (κ1) is 14.2. The minimum Gasteiger partial charge on any atom is -0.0899 e. The second kappa shape index (κ2) is 5.83. The van der Waals surface area contributed by atoms with Crippen LogP contribution < -0.4 is 0 Å². The topological polar surface area (TPSA) is 0 Å². The predicted molar refractivity (Wildman–Crippen MR) is 87.9 cm³/mol. The molecule has 0 aromatic heterocycles. The maximum atomic E-state index is 2.31. The van der Waals surface area contributed by atoms with Crippen LogP contribution in [-0.2, 0) is 0 Å². The molecule has 1 heterocycles. The van der Waals surface area contributed by atoms with Crippen molar-refractivity contribution in [2.24, 2.45) is 5.41 Å². The van der Waals surface area contributed by atoms with Crippen molar-refractivity contribution in [3.05, 3.63) is 69.6 Å². The zero-order chi connectivity index (χ0) is 13.9. The van der Waals surface area contributed by atoms with Crippen molar-refractivity contribution in [1.82, 2.24) is 0 Å². The van der Waals surface area contributed by atoms with Crippen LogP contribution in [0.1, 0.15) is 34.1 Å². The molecule has 2 aliphatic rings. The zero-order valence-electron chi connectivity index (χ0n) is 12.2. The quantitative estimate of drug-likeness (QED) is 0.568. The zero-order valence-corrected chi connectivity index (χ0v) is 13.1. The normalized spacial score (nSPS) is 26.3. The van der Waals surface area contributed by atoms with Gasteiger partial charge in [0.25, 0.3) is 0 Å². The van der Waals surface area contributed by atoms with Gasteiger partial charge in [-0.25, -0.2) is 0 Å². The van der Waals surface area contributed by atoms with Gasteiger partial charge in [0.05, 0.1) is 0 Å². The number of allylic oxidation sites excluding steroid dienone is 10. The maximum absolute atomic E-state index is 2.31. The third-order valence-corrected chi connectivity index (χ3v) is 4.70. The number of hydrogen-bond acceptors (Lipinski definition) is 1. The van der Waals surface area contributed by atoms with Crippen LogP contribution in [0.15, 0.2) is 69.6 Å². The van der Waals surface area contributed by atoms with Crippen LogP contribution in [-0.4, -0.2) is 0 Å². The molecule has 0 amide bonds. The van der Waals surface area contributed by atoms with Gasteiger partial charge in [-0.05, 0) is 31.4 Å². The molecule has 2 rings (SSSR count). The molecule has 0 N–H and O–H groups in total. The fraction of sp³-hybridized carbons (Fsp3) is 0.333. The summed E-state index contributed by atoms with van der Waals surface area (Å²) in [6, 6.07) is 0. The van der Waals surface area contributed by atoms with E-state index in [2.05, 4.69) is 76.3 Å². The highest BCUT2D eigenvalue weighted by Crippen LogP contribution is 2.44. The molecule has 0 aromatic carbocycles. The van der Waals surface area contributed by atoms with Gasteiger partial charge in [0.15, 0.2) is 0 Å².